The number of fused-ring (bicyclic) bond motifs is 1. The third kappa shape index (κ3) is 4.37. The zero-order valence-electron chi connectivity index (χ0n) is 16.9. The molecule has 1 N–H and O–H groups in total. The van der Waals surface area contributed by atoms with Crippen molar-refractivity contribution >= 4 is 44.4 Å². The van der Waals surface area contributed by atoms with E-state index in [1.807, 2.05) is 4.90 Å². The topological polar surface area (TPSA) is 51.7 Å². The molecule has 3 saturated heterocycles. The number of rotatable bonds is 3. The molecule has 0 unspecified atom stereocenters. The smallest absolute Gasteiger partial charge is 0.345 e. The number of aromatic nitrogens is 1. The third-order valence-corrected chi connectivity index (χ3v) is 8.32. The Hall–Kier alpha value is -1.56. The maximum atomic E-state index is 13.0. The summed E-state index contributed by atoms with van der Waals surface area (Å²) in [4.78, 5) is 23.7. The Morgan fingerprint density at radius 2 is 1.97 bits per heavy atom. The van der Waals surface area contributed by atoms with Crippen LogP contribution in [-0.4, -0.2) is 83.7 Å². The van der Waals surface area contributed by atoms with Crippen molar-refractivity contribution in [2.75, 3.05) is 55.8 Å². The van der Waals surface area contributed by atoms with Gasteiger partial charge in [-0.25, -0.2) is 4.98 Å². The maximum absolute atomic E-state index is 13.0. The number of thiazole rings is 1. The number of alkyl halides is 3. The van der Waals surface area contributed by atoms with Crippen LogP contribution in [0.25, 0.3) is 10.2 Å². The van der Waals surface area contributed by atoms with Gasteiger partial charge in [-0.2, -0.15) is 13.2 Å². The van der Waals surface area contributed by atoms with E-state index in [0.29, 0.717) is 16.3 Å². The summed E-state index contributed by atoms with van der Waals surface area (Å²) >= 11 is 3.12. The SMILES string of the molecule is O=C([C@@H]1C[C@H](N2CCN(c3nc4ccc(C(F)(F)F)cc4s3)CC2)CN1)N1CCSC1. The molecule has 3 fully saturated rings. The van der Waals surface area contributed by atoms with Gasteiger partial charge in [0.1, 0.15) is 0 Å². The largest absolute Gasteiger partial charge is 0.416 e. The first-order valence-electron chi connectivity index (χ1n) is 10.5. The molecule has 5 rings (SSSR count). The molecule has 1 amide bonds. The van der Waals surface area contributed by atoms with Crippen molar-refractivity contribution in [1.82, 2.24) is 20.1 Å². The van der Waals surface area contributed by atoms with Crippen molar-refractivity contribution in [2.45, 2.75) is 24.7 Å². The van der Waals surface area contributed by atoms with Crippen LogP contribution in [0.4, 0.5) is 18.3 Å². The molecule has 168 valence electrons. The Morgan fingerprint density at radius 1 is 1.16 bits per heavy atom. The average Bonchev–Trinajstić information content (AvgIpc) is 3.52. The molecule has 2 atom stereocenters. The van der Waals surface area contributed by atoms with Crippen molar-refractivity contribution in [2.24, 2.45) is 0 Å². The van der Waals surface area contributed by atoms with Gasteiger partial charge >= 0.3 is 6.18 Å². The maximum Gasteiger partial charge on any atom is 0.416 e. The first-order valence-corrected chi connectivity index (χ1v) is 12.4. The lowest BCUT2D eigenvalue weighted by Gasteiger charge is -2.37. The van der Waals surface area contributed by atoms with E-state index in [2.05, 4.69) is 20.1 Å². The molecule has 0 radical (unpaired) electrons. The number of nitrogens with zero attached hydrogens (tertiary/aromatic N) is 4. The molecular weight excluding hydrogens is 447 g/mol. The van der Waals surface area contributed by atoms with Crippen molar-refractivity contribution in [3.63, 3.8) is 0 Å². The van der Waals surface area contributed by atoms with Crippen LogP contribution in [0.5, 0.6) is 0 Å². The molecule has 1 aromatic heterocycles. The molecule has 1 aromatic carbocycles. The summed E-state index contributed by atoms with van der Waals surface area (Å²) in [6.07, 6.45) is -3.51. The molecule has 0 saturated carbocycles. The van der Waals surface area contributed by atoms with Crippen LogP contribution in [0.3, 0.4) is 0 Å². The molecule has 3 aliphatic heterocycles. The molecule has 3 aliphatic rings. The van der Waals surface area contributed by atoms with E-state index in [-0.39, 0.29) is 11.9 Å². The summed E-state index contributed by atoms with van der Waals surface area (Å²) in [5, 5.41) is 4.18. The highest BCUT2D eigenvalue weighted by atomic mass is 32.2. The fourth-order valence-corrected chi connectivity index (χ4v) is 6.51. The minimum Gasteiger partial charge on any atom is -0.345 e. The number of nitrogens with one attached hydrogen (secondary N) is 1. The molecule has 11 heteroatoms. The molecule has 0 bridgehead atoms. The molecule has 4 heterocycles. The highest BCUT2D eigenvalue weighted by Crippen LogP contribution is 2.35. The second kappa shape index (κ2) is 8.42. The van der Waals surface area contributed by atoms with Gasteiger partial charge in [0.15, 0.2) is 5.13 Å². The summed E-state index contributed by atoms with van der Waals surface area (Å²) in [5.41, 5.74) is -0.0257. The summed E-state index contributed by atoms with van der Waals surface area (Å²) in [6, 6.07) is 3.99. The van der Waals surface area contributed by atoms with Gasteiger partial charge in [-0.15, -0.1) is 11.8 Å². The van der Waals surface area contributed by atoms with E-state index in [9.17, 15) is 18.0 Å². The van der Waals surface area contributed by atoms with Crippen LogP contribution in [0.2, 0.25) is 0 Å². The predicted molar refractivity (Wildman–Crippen MR) is 118 cm³/mol. The third-order valence-electron chi connectivity index (χ3n) is 6.28. The van der Waals surface area contributed by atoms with E-state index in [1.165, 1.54) is 23.5 Å². The Labute approximate surface area is 186 Å². The lowest BCUT2D eigenvalue weighted by atomic mass is 10.1. The molecule has 6 nitrogen and oxygen atoms in total. The van der Waals surface area contributed by atoms with Gasteiger partial charge in [-0.3, -0.25) is 9.69 Å². The first-order chi connectivity index (χ1) is 14.9. The minimum atomic E-state index is -4.34. The predicted octanol–water partition coefficient (Wildman–Crippen LogP) is 2.70. The lowest BCUT2D eigenvalue weighted by Crippen LogP contribution is -2.51. The summed E-state index contributed by atoms with van der Waals surface area (Å²) < 4.78 is 39.5. The van der Waals surface area contributed by atoms with Gasteiger partial charge in [-0.05, 0) is 24.6 Å². The van der Waals surface area contributed by atoms with Crippen LogP contribution < -0.4 is 10.2 Å². The summed E-state index contributed by atoms with van der Waals surface area (Å²) in [6.45, 7) is 4.94. The monoisotopic (exact) mass is 471 g/mol. The van der Waals surface area contributed by atoms with Gasteiger partial charge < -0.3 is 15.1 Å². The Balaban J connectivity index is 1.18. The number of carbonyl (C=O) groups excluding carboxylic acids is 1. The number of halogens is 3. The number of thioether (sulfide) groups is 1. The fourth-order valence-electron chi connectivity index (χ4n) is 4.49. The van der Waals surface area contributed by atoms with Crippen molar-refractivity contribution in [3.05, 3.63) is 23.8 Å². The number of hydrogen-bond acceptors (Lipinski definition) is 7. The zero-order chi connectivity index (χ0) is 21.6. The number of carbonyl (C=O) groups is 1. The molecule has 0 aliphatic carbocycles. The van der Waals surface area contributed by atoms with Crippen LogP contribution >= 0.6 is 23.1 Å². The lowest BCUT2D eigenvalue weighted by molar-refractivity contribution is -0.137. The molecule has 31 heavy (non-hydrogen) atoms. The van der Waals surface area contributed by atoms with E-state index < -0.39 is 11.7 Å². The van der Waals surface area contributed by atoms with Crippen molar-refractivity contribution < 1.29 is 18.0 Å². The zero-order valence-corrected chi connectivity index (χ0v) is 18.5. The number of benzene rings is 1. The first kappa shape index (κ1) is 21.3. The fraction of sp³-hybridized carbons (Fsp3) is 0.600. The Bertz CT molecular complexity index is 954. The second-order valence-corrected chi connectivity index (χ2v) is 10.3. The van der Waals surface area contributed by atoms with Gasteiger partial charge in [0.2, 0.25) is 5.91 Å². The van der Waals surface area contributed by atoms with E-state index in [1.54, 1.807) is 11.8 Å². The second-order valence-electron chi connectivity index (χ2n) is 8.19. The average molecular weight is 472 g/mol. The number of hydrogen-bond donors (Lipinski definition) is 1. The van der Waals surface area contributed by atoms with E-state index in [4.69, 9.17) is 0 Å². The van der Waals surface area contributed by atoms with E-state index >= 15 is 0 Å². The number of piperazine rings is 1. The Kier molecular flexibility index (Phi) is 5.78. The Morgan fingerprint density at radius 3 is 2.68 bits per heavy atom. The number of anilines is 1. The highest BCUT2D eigenvalue weighted by Gasteiger charge is 2.37. The van der Waals surface area contributed by atoms with Crippen LogP contribution in [0.15, 0.2) is 18.2 Å². The van der Waals surface area contributed by atoms with E-state index in [0.717, 1.165) is 68.5 Å². The molecule has 2 aromatic rings. The van der Waals surface area contributed by atoms with Crippen molar-refractivity contribution in [1.29, 1.82) is 0 Å². The van der Waals surface area contributed by atoms with Crippen LogP contribution in [0, 0.1) is 0 Å². The molecule has 0 spiro atoms. The van der Waals surface area contributed by atoms with Crippen LogP contribution in [-0.2, 0) is 11.0 Å². The van der Waals surface area contributed by atoms with Crippen LogP contribution in [0.1, 0.15) is 12.0 Å². The van der Waals surface area contributed by atoms with Gasteiger partial charge in [-0.1, -0.05) is 11.3 Å². The number of amides is 1. The van der Waals surface area contributed by atoms with Gasteiger partial charge in [0, 0.05) is 51.1 Å². The summed E-state index contributed by atoms with van der Waals surface area (Å²) in [5.74, 6) is 2.04. The standard InChI is InChI=1S/C20H24F3N5OS2/c21-20(22,23)13-1-2-15-17(9-13)31-19(25-15)27-5-3-26(4-6-27)14-10-16(24-11-14)18(29)28-7-8-30-12-28/h1-2,9,14,16,24H,3-8,10-12H2/t14-,16-/m0/s1. The quantitative estimate of drug-likeness (QED) is 0.743. The molecular formula is C20H24F3N5OS2. The van der Waals surface area contributed by atoms with Gasteiger partial charge in [0.25, 0.3) is 0 Å². The van der Waals surface area contributed by atoms with Crippen molar-refractivity contribution in [3.8, 4) is 0 Å². The minimum absolute atomic E-state index is 0.0891. The highest BCUT2D eigenvalue weighted by molar-refractivity contribution is 7.99. The van der Waals surface area contributed by atoms with Gasteiger partial charge in [0.05, 0.1) is 27.7 Å². The summed E-state index contributed by atoms with van der Waals surface area (Å²) in [7, 11) is 0. The normalized spacial score (nSPS) is 25.6.